The molecule has 0 bridgehead atoms. The van der Waals surface area contributed by atoms with Gasteiger partial charge in [0.1, 0.15) is 0 Å². The van der Waals surface area contributed by atoms with Crippen LogP contribution in [0, 0.1) is 0 Å². The zero-order valence-corrected chi connectivity index (χ0v) is 16.3. The average molecular weight is 374 g/mol. The van der Waals surface area contributed by atoms with Gasteiger partial charge >= 0.3 is 0 Å². The Kier molecular flexibility index (Phi) is 5.58. The lowest BCUT2D eigenvalue weighted by molar-refractivity contribution is -0.115. The summed E-state index contributed by atoms with van der Waals surface area (Å²) in [7, 11) is 0. The van der Waals surface area contributed by atoms with Crippen LogP contribution in [-0.2, 0) is 4.79 Å². The number of fused-ring (bicyclic) bond motifs is 1. The maximum atomic E-state index is 12.4. The van der Waals surface area contributed by atoms with Crippen molar-refractivity contribution in [2.75, 3.05) is 29.9 Å². The van der Waals surface area contributed by atoms with Crippen LogP contribution in [0.25, 0.3) is 10.8 Å². The van der Waals surface area contributed by atoms with E-state index in [0.29, 0.717) is 0 Å². The molecule has 2 N–H and O–H groups in total. The molecule has 1 saturated heterocycles. The van der Waals surface area contributed by atoms with Crippen molar-refractivity contribution in [2.24, 2.45) is 0 Å². The smallest absolute Gasteiger partial charge is 0.238 e. The highest BCUT2D eigenvalue weighted by molar-refractivity contribution is 5.92. The Labute approximate surface area is 166 Å². The lowest BCUT2D eigenvalue weighted by Crippen LogP contribution is -2.30. The predicted molar refractivity (Wildman–Crippen MR) is 117 cm³/mol. The molecule has 0 radical (unpaired) electrons. The Morgan fingerprint density at radius 2 is 1.68 bits per heavy atom. The van der Waals surface area contributed by atoms with Gasteiger partial charge in [0, 0.05) is 30.5 Å². The molecule has 4 heteroatoms. The van der Waals surface area contributed by atoms with E-state index in [9.17, 15) is 4.79 Å². The van der Waals surface area contributed by atoms with Crippen LogP contribution in [0.5, 0.6) is 0 Å². The van der Waals surface area contributed by atoms with Gasteiger partial charge < -0.3 is 15.5 Å². The third kappa shape index (κ3) is 4.18. The van der Waals surface area contributed by atoms with Gasteiger partial charge in [-0.15, -0.1) is 0 Å². The molecule has 1 atom stereocenters. The van der Waals surface area contributed by atoms with Crippen LogP contribution in [0.4, 0.5) is 11.4 Å². The van der Waals surface area contributed by atoms with Crippen LogP contribution in [0.15, 0.2) is 66.7 Å². The lowest BCUT2D eigenvalue weighted by atomic mass is 10.00. The van der Waals surface area contributed by atoms with Crippen LogP contribution in [0.3, 0.4) is 0 Å². The molecule has 1 heterocycles. The Balaban J connectivity index is 1.33. The molecule has 0 saturated carbocycles. The van der Waals surface area contributed by atoms with E-state index in [1.165, 1.54) is 34.9 Å². The molecule has 1 aliphatic rings. The van der Waals surface area contributed by atoms with Gasteiger partial charge in [-0.25, -0.2) is 0 Å². The summed E-state index contributed by atoms with van der Waals surface area (Å²) < 4.78 is 0. The highest BCUT2D eigenvalue weighted by Crippen LogP contribution is 2.24. The summed E-state index contributed by atoms with van der Waals surface area (Å²) in [5.74, 6) is -0.0268. The zero-order chi connectivity index (χ0) is 19.3. The summed E-state index contributed by atoms with van der Waals surface area (Å²) in [6.07, 6.45) is 2.53. The normalized spacial score (nSPS) is 15.0. The second kappa shape index (κ2) is 8.44. The first-order chi connectivity index (χ1) is 13.7. The number of rotatable bonds is 6. The van der Waals surface area contributed by atoms with Crippen LogP contribution in [0.1, 0.15) is 31.4 Å². The maximum absolute atomic E-state index is 12.4. The van der Waals surface area contributed by atoms with E-state index in [0.717, 1.165) is 18.8 Å². The third-order valence-electron chi connectivity index (χ3n) is 5.48. The van der Waals surface area contributed by atoms with Crippen molar-refractivity contribution in [3.8, 4) is 0 Å². The molecular formula is C24H27N3O. The quantitative estimate of drug-likeness (QED) is 0.657. The molecule has 0 aliphatic carbocycles. The number of benzene rings is 3. The van der Waals surface area contributed by atoms with Crippen molar-refractivity contribution in [1.29, 1.82) is 0 Å². The molecule has 0 unspecified atom stereocenters. The summed E-state index contributed by atoms with van der Waals surface area (Å²) >= 11 is 0. The minimum atomic E-state index is -0.0268. The number of hydrogen-bond donors (Lipinski definition) is 2. The standard InChI is InChI=1S/C24H27N3O/c1-18(22-10-6-8-19-7-2-3-9-23(19)22)25-17-24(28)26-20-11-13-21(14-12-20)27-15-4-5-16-27/h2-3,6-14,18,25H,4-5,15-17H2,1H3,(H,26,28)/t18-/m1/s1. The molecule has 1 aliphatic heterocycles. The fourth-order valence-corrected chi connectivity index (χ4v) is 3.92. The van der Waals surface area contributed by atoms with E-state index >= 15 is 0 Å². The van der Waals surface area contributed by atoms with E-state index in [1.54, 1.807) is 0 Å². The first kappa shape index (κ1) is 18.5. The molecule has 0 spiro atoms. The molecule has 0 aromatic heterocycles. The van der Waals surface area contributed by atoms with Gasteiger partial charge in [-0.2, -0.15) is 0 Å². The largest absolute Gasteiger partial charge is 0.372 e. The van der Waals surface area contributed by atoms with Gasteiger partial charge in [-0.1, -0.05) is 42.5 Å². The third-order valence-corrected chi connectivity index (χ3v) is 5.48. The first-order valence-corrected chi connectivity index (χ1v) is 10.1. The maximum Gasteiger partial charge on any atom is 0.238 e. The van der Waals surface area contributed by atoms with E-state index in [4.69, 9.17) is 0 Å². The first-order valence-electron chi connectivity index (χ1n) is 10.1. The monoisotopic (exact) mass is 373 g/mol. The number of carbonyl (C=O) groups excluding carboxylic acids is 1. The van der Waals surface area contributed by atoms with Gasteiger partial charge in [0.25, 0.3) is 0 Å². The molecule has 144 valence electrons. The number of nitrogens with one attached hydrogen (secondary N) is 2. The van der Waals surface area contributed by atoms with Gasteiger partial charge in [0.05, 0.1) is 6.54 Å². The fraction of sp³-hybridized carbons (Fsp3) is 0.292. The van der Waals surface area contributed by atoms with Crippen molar-refractivity contribution in [3.05, 3.63) is 72.3 Å². The van der Waals surface area contributed by atoms with Gasteiger partial charge in [-0.3, -0.25) is 4.79 Å². The van der Waals surface area contributed by atoms with Crippen molar-refractivity contribution in [3.63, 3.8) is 0 Å². The van der Waals surface area contributed by atoms with Crippen molar-refractivity contribution in [1.82, 2.24) is 5.32 Å². The predicted octanol–water partition coefficient (Wildman–Crippen LogP) is 4.73. The lowest BCUT2D eigenvalue weighted by Gasteiger charge is -2.18. The molecule has 4 rings (SSSR count). The minimum absolute atomic E-state index is 0.0268. The summed E-state index contributed by atoms with van der Waals surface area (Å²) in [5, 5.41) is 8.77. The summed E-state index contributed by atoms with van der Waals surface area (Å²) in [5.41, 5.74) is 3.28. The van der Waals surface area contributed by atoms with Crippen LogP contribution in [0.2, 0.25) is 0 Å². The number of nitrogens with zero attached hydrogens (tertiary/aromatic N) is 1. The topological polar surface area (TPSA) is 44.4 Å². The van der Waals surface area contributed by atoms with E-state index < -0.39 is 0 Å². The molecule has 1 fully saturated rings. The summed E-state index contributed by atoms with van der Waals surface area (Å²) in [6.45, 7) is 4.63. The molecule has 3 aromatic rings. The highest BCUT2D eigenvalue weighted by Gasteiger charge is 2.13. The minimum Gasteiger partial charge on any atom is -0.372 e. The van der Waals surface area contributed by atoms with Crippen LogP contribution < -0.4 is 15.5 Å². The van der Waals surface area contributed by atoms with Gasteiger partial charge in [0.2, 0.25) is 5.91 Å². The molecular weight excluding hydrogens is 346 g/mol. The Bertz CT molecular complexity index is 940. The van der Waals surface area contributed by atoms with Crippen molar-refractivity contribution >= 4 is 28.1 Å². The highest BCUT2D eigenvalue weighted by atomic mass is 16.1. The molecule has 28 heavy (non-hydrogen) atoms. The van der Waals surface area contributed by atoms with Crippen molar-refractivity contribution in [2.45, 2.75) is 25.8 Å². The summed E-state index contributed by atoms with van der Waals surface area (Å²) in [4.78, 5) is 14.8. The second-order valence-corrected chi connectivity index (χ2v) is 7.46. The molecule has 4 nitrogen and oxygen atoms in total. The van der Waals surface area contributed by atoms with Gasteiger partial charge in [-0.05, 0) is 60.4 Å². The Morgan fingerprint density at radius 1 is 0.964 bits per heavy atom. The number of anilines is 2. The fourth-order valence-electron chi connectivity index (χ4n) is 3.92. The van der Waals surface area contributed by atoms with Crippen molar-refractivity contribution < 1.29 is 4.79 Å². The second-order valence-electron chi connectivity index (χ2n) is 7.46. The average Bonchev–Trinajstić information content (AvgIpc) is 3.27. The van der Waals surface area contributed by atoms with Gasteiger partial charge in [0.15, 0.2) is 0 Å². The SMILES string of the molecule is C[C@@H](NCC(=O)Nc1ccc(N2CCCC2)cc1)c1cccc2ccccc12. The van der Waals surface area contributed by atoms with Crippen LogP contribution >= 0.6 is 0 Å². The van der Waals surface area contributed by atoms with Crippen LogP contribution in [-0.4, -0.2) is 25.5 Å². The number of carbonyl (C=O) groups is 1. The Morgan fingerprint density at radius 3 is 2.46 bits per heavy atom. The van der Waals surface area contributed by atoms with E-state index in [-0.39, 0.29) is 18.5 Å². The Hall–Kier alpha value is -2.85. The van der Waals surface area contributed by atoms with E-state index in [2.05, 4.69) is 71.0 Å². The summed E-state index contributed by atoms with van der Waals surface area (Å²) in [6, 6.07) is 22.9. The molecule has 1 amide bonds. The van der Waals surface area contributed by atoms with E-state index in [1.807, 2.05) is 18.2 Å². The zero-order valence-electron chi connectivity index (χ0n) is 16.3. The molecule has 3 aromatic carbocycles. The number of hydrogen-bond acceptors (Lipinski definition) is 3. The number of amides is 1.